The first-order valence-electron chi connectivity index (χ1n) is 6.40. The molecule has 0 bridgehead atoms. The molecule has 0 aliphatic heterocycles. The number of rotatable bonds is 3. The predicted molar refractivity (Wildman–Crippen MR) is 78.0 cm³/mol. The summed E-state index contributed by atoms with van der Waals surface area (Å²) in [4.78, 5) is 0. The molecule has 0 saturated carbocycles. The van der Waals surface area contributed by atoms with E-state index in [1.54, 1.807) is 19.2 Å². The lowest BCUT2D eigenvalue weighted by Crippen LogP contribution is -2.18. The van der Waals surface area contributed by atoms with E-state index < -0.39 is 0 Å². The number of hydrogen-bond donors (Lipinski definition) is 1. The molecule has 0 unspecified atom stereocenters. The molecule has 0 aliphatic carbocycles. The van der Waals surface area contributed by atoms with Crippen molar-refractivity contribution < 1.29 is 9.84 Å². The summed E-state index contributed by atoms with van der Waals surface area (Å²) in [5.41, 5.74) is 3.43. The van der Waals surface area contributed by atoms with Crippen LogP contribution in [-0.2, 0) is 5.41 Å². The Morgan fingerprint density at radius 2 is 1.53 bits per heavy atom. The zero-order valence-corrected chi connectivity index (χ0v) is 11.9. The van der Waals surface area contributed by atoms with E-state index in [2.05, 4.69) is 32.9 Å². The molecule has 2 nitrogen and oxygen atoms in total. The standard InChI is InChI=1S/C17H20O2/c1-12-11-14(7-10-16(12)19-4)17(2,3)13-5-8-15(18)9-6-13/h5-11,18H,1-4H3. The predicted octanol–water partition coefficient (Wildman–Crippen LogP) is 4.04. The van der Waals surface area contributed by atoms with Gasteiger partial charge in [-0.25, -0.2) is 0 Å². The average Bonchev–Trinajstić information content (AvgIpc) is 2.39. The third-order valence-corrected chi connectivity index (χ3v) is 3.71. The van der Waals surface area contributed by atoms with Gasteiger partial charge in [-0.2, -0.15) is 0 Å². The highest BCUT2D eigenvalue weighted by Crippen LogP contribution is 2.34. The number of ether oxygens (including phenoxy) is 1. The topological polar surface area (TPSA) is 29.5 Å². The summed E-state index contributed by atoms with van der Waals surface area (Å²) in [5, 5.41) is 9.39. The van der Waals surface area contributed by atoms with Gasteiger partial charge < -0.3 is 9.84 Å². The number of phenols is 1. The van der Waals surface area contributed by atoms with Gasteiger partial charge in [-0.3, -0.25) is 0 Å². The number of benzene rings is 2. The SMILES string of the molecule is COc1ccc(C(C)(C)c2ccc(O)cc2)cc1C. The van der Waals surface area contributed by atoms with Crippen molar-refractivity contribution >= 4 is 0 Å². The van der Waals surface area contributed by atoms with Crippen LogP contribution in [0.25, 0.3) is 0 Å². The summed E-state index contributed by atoms with van der Waals surface area (Å²) in [6.07, 6.45) is 0. The number of aromatic hydroxyl groups is 1. The molecule has 0 radical (unpaired) electrons. The molecular weight excluding hydrogens is 236 g/mol. The molecule has 0 amide bonds. The normalized spacial score (nSPS) is 11.4. The number of aryl methyl sites for hydroxylation is 1. The highest BCUT2D eigenvalue weighted by molar-refractivity contribution is 5.44. The highest BCUT2D eigenvalue weighted by Gasteiger charge is 2.23. The maximum Gasteiger partial charge on any atom is 0.121 e. The summed E-state index contributed by atoms with van der Waals surface area (Å²) in [6.45, 7) is 6.41. The third kappa shape index (κ3) is 2.58. The fraction of sp³-hybridized carbons (Fsp3) is 0.294. The van der Waals surface area contributed by atoms with Gasteiger partial charge in [0, 0.05) is 5.41 Å². The maximum absolute atomic E-state index is 9.39. The van der Waals surface area contributed by atoms with Crippen LogP contribution in [0, 0.1) is 6.92 Å². The molecule has 2 aromatic carbocycles. The fourth-order valence-electron chi connectivity index (χ4n) is 2.31. The van der Waals surface area contributed by atoms with Crippen molar-refractivity contribution in [3.05, 3.63) is 59.2 Å². The largest absolute Gasteiger partial charge is 0.508 e. The van der Waals surface area contributed by atoms with Crippen LogP contribution in [0.2, 0.25) is 0 Å². The molecule has 2 rings (SSSR count). The van der Waals surface area contributed by atoms with E-state index in [4.69, 9.17) is 4.74 Å². The third-order valence-electron chi connectivity index (χ3n) is 3.71. The molecule has 0 fully saturated rings. The van der Waals surface area contributed by atoms with Gasteiger partial charge in [-0.1, -0.05) is 38.1 Å². The van der Waals surface area contributed by atoms with Crippen molar-refractivity contribution in [3.8, 4) is 11.5 Å². The van der Waals surface area contributed by atoms with E-state index >= 15 is 0 Å². The molecule has 2 heteroatoms. The Kier molecular flexibility index (Phi) is 3.52. The van der Waals surface area contributed by atoms with E-state index in [0.717, 1.165) is 11.3 Å². The summed E-state index contributed by atoms with van der Waals surface area (Å²) in [6, 6.07) is 13.7. The molecule has 0 saturated heterocycles. The molecular formula is C17H20O2. The Hall–Kier alpha value is -1.96. The first kappa shape index (κ1) is 13.5. The van der Waals surface area contributed by atoms with E-state index in [0.29, 0.717) is 5.75 Å². The van der Waals surface area contributed by atoms with Gasteiger partial charge in [-0.05, 0) is 41.8 Å². The van der Waals surface area contributed by atoms with Crippen molar-refractivity contribution in [1.82, 2.24) is 0 Å². The van der Waals surface area contributed by atoms with Crippen LogP contribution in [0.15, 0.2) is 42.5 Å². The number of methoxy groups -OCH3 is 1. The lowest BCUT2D eigenvalue weighted by Gasteiger charge is -2.27. The highest BCUT2D eigenvalue weighted by atomic mass is 16.5. The molecule has 2 aromatic rings. The van der Waals surface area contributed by atoms with Crippen LogP contribution in [0.4, 0.5) is 0 Å². The van der Waals surface area contributed by atoms with E-state index in [1.165, 1.54) is 11.1 Å². The molecule has 0 aliphatic rings. The van der Waals surface area contributed by atoms with Crippen molar-refractivity contribution in [2.75, 3.05) is 7.11 Å². The minimum absolute atomic E-state index is 0.106. The van der Waals surface area contributed by atoms with E-state index in [9.17, 15) is 5.11 Å². The zero-order chi connectivity index (χ0) is 14.0. The van der Waals surface area contributed by atoms with Crippen LogP contribution < -0.4 is 4.74 Å². The maximum atomic E-state index is 9.39. The van der Waals surface area contributed by atoms with Crippen LogP contribution >= 0.6 is 0 Å². The summed E-state index contributed by atoms with van der Waals surface area (Å²) in [7, 11) is 1.69. The first-order valence-corrected chi connectivity index (χ1v) is 6.40. The Morgan fingerprint density at radius 3 is 2.05 bits per heavy atom. The van der Waals surface area contributed by atoms with Gasteiger partial charge in [0.1, 0.15) is 11.5 Å². The van der Waals surface area contributed by atoms with Gasteiger partial charge in [0.15, 0.2) is 0 Å². The lowest BCUT2D eigenvalue weighted by molar-refractivity contribution is 0.411. The van der Waals surface area contributed by atoms with Crippen LogP contribution in [-0.4, -0.2) is 12.2 Å². The Morgan fingerprint density at radius 1 is 0.947 bits per heavy atom. The first-order chi connectivity index (χ1) is 8.95. The fourth-order valence-corrected chi connectivity index (χ4v) is 2.31. The van der Waals surface area contributed by atoms with E-state index in [1.807, 2.05) is 18.2 Å². The zero-order valence-electron chi connectivity index (χ0n) is 11.9. The monoisotopic (exact) mass is 256 g/mol. The second kappa shape index (κ2) is 4.96. The number of phenolic OH excluding ortho intramolecular Hbond substituents is 1. The summed E-state index contributed by atoms with van der Waals surface area (Å²) >= 11 is 0. The number of hydrogen-bond acceptors (Lipinski definition) is 2. The van der Waals surface area contributed by atoms with Crippen LogP contribution in [0.1, 0.15) is 30.5 Å². The van der Waals surface area contributed by atoms with Crippen molar-refractivity contribution in [1.29, 1.82) is 0 Å². The molecule has 19 heavy (non-hydrogen) atoms. The summed E-state index contributed by atoms with van der Waals surface area (Å²) < 4.78 is 5.30. The molecule has 100 valence electrons. The molecule has 0 heterocycles. The second-order valence-corrected chi connectivity index (χ2v) is 5.36. The Balaban J connectivity index is 2.43. The molecule has 0 atom stereocenters. The molecule has 0 spiro atoms. The second-order valence-electron chi connectivity index (χ2n) is 5.36. The quantitative estimate of drug-likeness (QED) is 0.898. The van der Waals surface area contributed by atoms with Crippen molar-refractivity contribution in [2.24, 2.45) is 0 Å². The molecule has 0 aromatic heterocycles. The van der Waals surface area contributed by atoms with Crippen LogP contribution in [0.5, 0.6) is 11.5 Å². The average molecular weight is 256 g/mol. The minimum Gasteiger partial charge on any atom is -0.508 e. The van der Waals surface area contributed by atoms with Gasteiger partial charge >= 0.3 is 0 Å². The molecule has 1 N–H and O–H groups in total. The lowest BCUT2D eigenvalue weighted by atomic mass is 9.77. The van der Waals surface area contributed by atoms with Crippen LogP contribution in [0.3, 0.4) is 0 Å². The van der Waals surface area contributed by atoms with Crippen molar-refractivity contribution in [3.63, 3.8) is 0 Å². The van der Waals surface area contributed by atoms with E-state index in [-0.39, 0.29) is 5.41 Å². The van der Waals surface area contributed by atoms with Gasteiger partial charge in [-0.15, -0.1) is 0 Å². The minimum atomic E-state index is -0.106. The van der Waals surface area contributed by atoms with Gasteiger partial charge in [0.05, 0.1) is 7.11 Å². The summed E-state index contributed by atoms with van der Waals surface area (Å²) in [5.74, 6) is 1.20. The smallest absolute Gasteiger partial charge is 0.121 e. The van der Waals surface area contributed by atoms with Gasteiger partial charge in [0.2, 0.25) is 0 Å². The van der Waals surface area contributed by atoms with Gasteiger partial charge in [0.25, 0.3) is 0 Å². The Labute approximate surface area is 114 Å². The van der Waals surface area contributed by atoms with Crippen molar-refractivity contribution in [2.45, 2.75) is 26.2 Å². The Bertz CT molecular complexity index is 568.